The highest BCUT2D eigenvalue weighted by molar-refractivity contribution is 5.83. The van der Waals surface area contributed by atoms with Gasteiger partial charge in [0.25, 0.3) is 0 Å². The summed E-state index contributed by atoms with van der Waals surface area (Å²) in [6.07, 6.45) is 0.925. The van der Waals surface area contributed by atoms with Crippen LogP contribution in [-0.4, -0.2) is 68.8 Å². The molecule has 1 saturated heterocycles. The monoisotopic (exact) mass is 257 g/mol. The van der Waals surface area contributed by atoms with Crippen LogP contribution in [0.15, 0.2) is 0 Å². The second kappa shape index (κ2) is 7.71. The Labute approximate surface area is 110 Å². The predicted octanol–water partition coefficient (Wildman–Crippen LogP) is 0.369. The summed E-state index contributed by atoms with van der Waals surface area (Å²) in [4.78, 5) is 16.2. The van der Waals surface area contributed by atoms with Crippen molar-refractivity contribution in [3.05, 3.63) is 0 Å². The van der Waals surface area contributed by atoms with Crippen molar-refractivity contribution in [2.75, 3.05) is 47.1 Å². The summed E-state index contributed by atoms with van der Waals surface area (Å²) in [5.41, 5.74) is 0. The second-order valence-corrected chi connectivity index (χ2v) is 5.44. The minimum Gasteiger partial charge on any atom is -0.383 e. The van der Waals surface area contributed by atoms with Crippen molar-refractivity contribution in [3.63, 3.8) is 0 Å². The molecular weight excluding hydrogens is 230 g/mol. The Morgan fingerprint density at radius 1 is 1.50 bits per heavy atom. The van der Waals surface area contributed by atoms with E-state index in [-0.39, 0.29) is 11.9 Å². The number of hydrogen-bond donors (Lipinski definition) is 1. The van der Waals surface area contributed by atoms with Gasteiger partial charge in [0, 0.05) is 26.7 Å². The van der Waals surface area contributed by atoms with Crippen LogP contribution in [0.1, 0.15) is 20.3 Å². The van der Waals surface area contributed by atoms with Crippen molar-refractivity contribution >= 4 is 5.91 Å². The van der Waals surface area contributed by atoms with Crippen LogP contribution in [0.25, 0.3) is 0 Å². The Kier molecular flexibility index (Phi) is 6.60. The molecule has 0 aromatic heterocycles. The molecule has 1 unspecified atom stereocenters. The molecule has 0 aromatic carbocycles. The Bertz CT molecular complexity index is 259. The molecule has 5 heteroatoms. The van der Waals surface area contributed by atoms with E-state index in [0.29, 0.717) is 12.6 Å². The molecule has 1 heterocycles. The first-order valence-electron chi connectivity index (χ1n) is 6.74. The van der Waals surface area contributed by atoms with Crippen molar-refractivity contribution in [1.82, 2.24) is 15.1 Å². The summed E-state index contributed by atoms with van der Waals surface area (Å²) >= 11 is 0. The summed E-state index contributed by atoms with van der Waals surface area (Å²) in [6.45, 7) is 8.31. The first kappa shape index (κ1) is 15.4. The van der Waals surface area contributed by atoms with Gasteiger partial charge in [0.05, 0.1) is 19.3 Å². The van der Waals surface area contributed by atoms with Crippen molar-refractivity contribution in [2.45, 2.75) is 26.3 Å². The fourth-order valence-electron chi connectivity index (χ4n) is 2.10. The largest absolute Gasteiger partial charge is 0.383 e. The van der Waals surface area contributed by atoms with Crippen LogP contribution in [0, 0.1) is 5.92 Å². The maximum absolute atomic E-state index is 12.1. The van der Waals surface area contributed by atoms with Crippen molar-refractivity contribution < 1.29 is 9.53 Å². The van der Waals surface area contributed by atoms with Gasteiger partial charge >= 0.3 is 0 Å². The minimum atomic E-state index is 0.0225. The lowest BCUT2D eigenvalue weighted by Gasteiger charge is -2.21. The van der Waals surface area contributed by atoms with E-state index in [0.717, 1.165) is 32.7 Å². The number of nitrogens with zero attached hydrogens (tertiary/aromatic N) is 2. The molecule has 5 nitrogen and oxygen atoms in total. The highest BCUT2D eigenvalue weighted by Gasteiger charge is 2.30. The number of methoxy groups -OCH3 is 1. The number of carbonyl (C=O) groups excluding carboxylic acids is 1. The number of likely N-dealkylation sites (N-methyl/N-ethyl adjacent to an activating group) is 1. The third-order valence-electron chi connectivity index (χ3n) is 3.27. The van der Waals surface area contributed by atoms with Gasteiger partial charge in [-0.3, -0.25) is 10.1 Å². The maximum Gasteiger partial charge on any atom is 0.240 e. The molecule has 1 rings (SSSR count). The number of ether oxygens (including phenoxy) is 1. The molecule has 1 atom stereocenters. The molecule has 0 aliphatic carbocycles. The lowest BCUT2D eigenvalue weighted by molar-refractivity contribution is -0.129. The van der Waals surface area contributed by atoms with Crippen molar-refractivity contribution in [2.24, 2.45) is 5.92 Å². The normalized spacial score (nSPS) is 20.4. The molecule has 0 saturated carbocycles. The lowest BCUT2D eigenvalue weighted by Crippen LogP contribution is -2.37. The number of rotatable bonds is 8. The molecule has 1 aliphatic heterocycles. The molecule has 0 bridgehead atoms. The van der Waals surface area contributed by atoms with Crippen LogP contribution in [0.4, 0.5) is 0 Å². The van der Waals surface area contributed by atoms with Gasteiger partial charge in [-0.2, -0.15) is 0 Å². The van der Waals surface area contributed by atoms with Gasteiger partial charge in [0.2, 0.25) is 5.91 Å². The van der Waals surface area contributed by atoms with Crippen LogP contribution < -0.4 is 5.32 Å². The molecular formula is C13H27N3O2. The SMILES string of the molecule is COCCN(C)CCN1CNC(CC(C)C)C1=O. The molecule has 18 heavy (non-hydrogen) atoms. The highest BCUT2D eigenvalue weighted by Crippen LogP contribution is 2.12. The third-order valence-corrected chi connectivity index (χ3v) is 3.27. The Balaban J connectivity index is 2.25. The molecule has 1 N–H and O–H groups in total. The molecule has 1 fully saturated rings. The van der Waals surface area contributed by atoms with Gasteiger partial charge in [-0.25, -0.2) is 0 Å². The Morgan fingerprint density at radius 2 is 2.22 bits per heavy atom. The number of carbonyl (C=O) groups is 1. The van der Waals surface area contributed by atoms with Gasteiger partial charge < -0.3 is 14.5 Å². The topological polar surface area (TPSA) is 44.8 Å². The van der Waals surface area contributed by atoms with Crippen LogP contribution in [0.3, 0.4) is 0 Å². The fraction of sp³-hybridized carbons (Fsp3) is 0.923. The minimum absolute atomic E-state index is 0.0225. The van der Waals surface area contributed by atoms with Crippen LogP contribution >= 0.6 is 0 Å². The molecule has 0 radical (unpaired) electrons. The number of amides is 1. The summed E-state index contributed by atoms with van der Waals surface area (Å²) in [6, 6.07) is 0.0225. The van der Waals surface area contributed by atoms with E-state index in [2.05, 4.69) is 31.1 Å². The average Bonchev–Trinajstić information content (AvgIpc) is 2.65. The van der Waals surface area contributed by atoms with Crippen LogP contribution in [0.2, 0.25) is 0 Å². The van der Waals surface area contributed by atoms with Crippen molar-refractivity contribution in [1.29, 1.82) is 0 Å². The average molecular weight is 257 g/mol. The summed E-state index contributed by atoms with van der Waals surface area (Å²) < 4.78 is 5.03. The smallest absolute Gasteiger partial charge is 0.240 e. The molecule has 1 amide bonds. The highest BCUT2D eigenvalue weighted by atomic mass is 16.5. The maximum atomic E-state index is 12.1. The van der Waals surface area contributed by atoms with Gasteiger partial charge in [0.15, 0.2) is 0 Å². The van der Waals surface area contributed by atoms with Crippen molar-refractivity contribution in [3.8, 4) is 0 Å². The molecule has 0 aromatic rings. The number of hydrogen-bond acceptors (Lipinski definition) is 4. The van der Waals surface area contributed by atoms with Gasteiger partial charge in [0.1, 0.15) is 0 Å². The summed E-state index contributed by atoms with van der Waals surface area (Å²) in [5, 5.41) is 3.29. The predicted molar refractivity (Wildman–Crippen MR) is 72.3 cm³/mol. The molecule has 106 valence electrons. The first-order valence-corrected chi connectivity index (χ1v) is 6.74. The lowest BCUT2D eigenvalue weighted by atomic mass is 10.0. The van der Waals surface area contributed by atoms with Gasteiger partial charge in [-0.1, -0.05) is 13.8 Å². The first-order chi connectivity index (χ1) is 8.54. The third kappa shape index (κ3) is 4.92. The molecule has 1 aliphatic rings. The molecule has 0 spiro atoms. The van der Waals surface area contributed by atoms with E-state index in [1.165, 1.54) is 0 Å². The number of nitrogens with one attached hydrogen (secondary N) is 1. The van der Waals surface area contributed by atoms with E-state index >= 15 is 0 Å². The standard InChI is InChI=1S/C13H27N3O2/c1-11(2)9-12-13(17)16(10-14-12)6-5-15(3)7-8-18-4/h11-12,14H,5-10H2,1-4H3. The fourth-order valence-corrected chi connectivity index (χ4v) is 2.10. The van der Waals surface area contributed by atoms with E-state index in [9.17, 15) is 4.79 Å². The van der Waals surface area contributed by atoms with Gasteiger partial charge in [-0.05, 0) is 19.4 Å². The summed E-state index contributed by atoms with van der Waals surface area (Å²) in [7, 11) is 3.76. The second-order valence-electron chi connectivity index (χ2n) is 5.44. The zero-order valence-corrected chi connectivity index (χ0v) is 12.1. The zero-order valence-electron chi connectivity index (χ0n) is 12.1. The van der Waals surface area contributed by atoms with E-state index in [4.69, 9.17) is 4.74 Å². The Hall–Kier alpha value is -0.650. The van der Waals surface area contributed by atoms with E-state index < -0.39 is 0 Å². The zero-order chi connectivity index (χ0) is 13.5. The summed E-state index contributed by atoms with van der Waals surface area (Å²) in [5.74, 6) is 0.805. The van der Waals surface area contributed by atoms with E-state index in [1.807, 2.05) is 4.90 Å². The quantitative estimate of drug-likeness (QED) is 0.682. The van der Waals surface area contributed by atoms with Crippen LogP contribution in [0.5, 0.6) is 0 Å². The van der Waals surface area contributed by atoms with Crippen LogP contribution in [-0.2, 0) is 9.53 Å². The van der Waals surface area contributed by atoms with Gasteiger partial charge in [-0.15, -0.1) is 0 Å². The van der Waals surface area contributed by atoms with E-state index in [1.54, 1.807) is 7.11 Å². The Morgan fingerprint density at radius 3 is 2.83 bits per heavy atom.